The van der Waals surface area contributed by atoms with E-state index in [9.17, 15) is 9.59 Å². The van der Waals surface area contributed by atoms with Crippen molar-refractivity contribution < 1.29 is 9.59 Å². The molecule has 33 heavy (non-hydrogen) atoms. The molecule has 0 bridgehead atoms. The highest BCUT2D eigenvalue weighted by molar-refractivity contribution is 8.26. The van der Waals surface area contributed by atoms with Crippen LogP contribution in [0.4, 0.5) is 5.13 Å². The van der Waals surface area contributed by atoms with Crippen molar-refractivity contribution in [1.29, 1.82) is 0 Å². The Morgan fingerprint density at radius 1 is 1.15 bits per heavy atom. The zero-order valence-corrected chi connectivity index (χ0v) is 21.0. The standard InChI is InChI=1S/C23H17Cl2N3O2S3/c24-16-7-5-14(6-8-16)11-17-13-26-22(32-17)27-20(29)9-10-28-21(30)19(33-23(28)31)12-15-3-1-2-4-18(15)25/h1-8,12-13H,9-11H2,(H,26,27,29)/b19-12+. The number of carbonyl (C=O) groups excluding carboxylic acids is 2. The third kappa shape index (κ3) is 6.22. The van der Waals surface area contributed by atoms with Gasteiger partial charge >= 0.3 is 0 Å². The number of benzene rings is 2. The first-order valence-corrected chi connectivity index (χ1v) is 12.7. The van der Waals surface area contributed by atoms with E-state index in [0.717, 1.165) is 16.0 Å². The molecule has 0 saturated carbocycles. The number of thiazole rings is 1. The van der Waals surface area contributed by atoms with Crippen molar-refractivity contribution in [3.8, 4) is 0 Å². The number of carbonyl (C=O) groups is 2. The average molecular weight is 535 g/mol. The summed E-state index contributed by atoms with van der Waals surface area (Å²) in [6.07, 6.45) is 4.28. The van der Waals surface area contributed by atoms with Gasteiger partial charge in [0.05, 0.1) is 4.91 Å². The van der Waals surface area contributed by atoms with E-state index in [0.29, 0.717) is 30.8 Å². The number of hydrogen-bond donors (Lipinski definition) is 1. The van der Waals surface area contributed by atoms with E-state index in [-0.39, 0.29) is 24.8 Å². The molecule has 1 aliphatic rings. The maximum absolute atomic E-state index is 12.8. The first-order chi connectivity index (χ1) is 15.9. The summed E-state index contributed by atoms with van der Waals surface area (Å²) in [6.45, 7) is 0.194. The lowest BCUT2D eigenvalue weighted by molar-refractivity contribution is -0.122. The summed E-state index contributed by atoms with van der Waals surface area (Å²) in [4.78, 5) is 32.4. The Morgan fingerprint density at radius 2 is 1.91 bits per heavy atom. The van der Waals surface area contributed by atoms with Crippen molar-refractivity contribution >= 4 is 85.9 Å². The Labute approximate surface area is 214 Å². The van der Waals surface area contributed by atoms with Gasteiger partial charge in [-0.15, -0.1) is 11.3 Å². The lowest BCUT2D eigenvalue weighted by Gasteiger charge is -2.13. The summed E-state index contributed by atoms with van der Waals surface area (Å²) in [5, 5.41) is 4.57. The number of thioether (sulfide) groups is 1. The largest absolute Gasteiger partial charge is 0.302 e. The molecule has 1 aromatic heterocycles. The van der Waals surface area contributed by atoms with Crippen molar-refractivity contribution in [2.45, 2.75) is 12.8 Å². The summed E-state index contributed by atoms with van der Waals surface area (Å²) < 4.78 is 0.422. The van der Waals surface area contributed by atoms with Gasteiger partial charge in [0.25, 0.3) is 5.91 Å². The van der Waals surface area contributed by atoms with Crippen LogP contribution in [0.3, 0.4) is 0 Å². The van der Waals surface area contributed by atoms with E-state index in [4.69, 9.17) is 35.4 Å². The van der Waals surface area contributed by atoms with Crippen LogP contribution in [0, 0.1) is 0 Å². The normalized spacial score (nSPS) is 14.8. The molecule has 2 amide bonds. The first-order valence-electron chi connectivity index (χ1n) is 9.88. The maximum atomic E-state index is 12.8. The molecule has 1 saturated heterocycles. The van der Waals surface area contributed by atoms with Crippen LogP contribution >= 0.6 is 58.5 Å². The van der Waals surface area contributed by atoms with Gasteiger partial charge < -0.3 is 5.32 Å². The molecule has 0 radical (unpaired) electrons. The molecule has 1 N–H and O–H groups in total. The number of halogens is 2. The van der Waals surface area contributed by atoms with Gasteiger partial charge in [-0.3, -0.25) is 14.5 Å². The van der Waals surface area contributed by atoms with Crippen molar-refractivity contribution in [1.82, 2.24) is 9.88 Å². The van der Waals surface area contributed by atoms with E-state index < -0.39 is 0 Å². The number of hydrogen-bond acceptors (Lipinski definition) is 6. The number of nitrogens with zero attached hydrogens (tertiary/aromatic N) is 2. The Kier molecular flexibility index (Phi) is 7.82. The van der Waals surface area contributed by atoms with Gasteiger partial charge in [0.2, 0.25) is 5.91 Å². The third-order valence-corrected chi connectivity index (χ3v) is 7.61. The number of rotatable bonds is 7. The van der Waals surface area contributed by atoms with E-state index in [1.807, 2.05) is 42.5 Å². The molecule has 4 rings (SSSR count). The van der Waals surface area contributed by atoms with Gasteiger partial charge in [0, 0.05) is 40.5 Å². The van der Waals surface area contributed by atoms with Crippen molar-refractivity contribution in [3.05, 3.63) is 85.7 Å². The Bertz CT molecular complexity index is 1240. The fraction of sp³-hybridized carbons (Fsp3) is 0.130. The predicted octanol–water partition coefficient (Wildman–Crippen LogP) is 6.27. The molecule has 0 unspecified atom stereocenters. The number of amides is 2. The summed E-state index contributed by atoms with van der Waals surface area (Å²) >= 11 is 20.1. The van der Waals surface area contributed by atoms with E-state index in [2.05, 4.69) is 10.3 Å². The van der Waals surface area contributed by atoms with E-state index >= 15 is 0 Å². The minimum Gasteiger partial charge on any atom is -0.302 e. The van der Waals surface area contributed by atoms with Crippen LogP contribution in [0.1, 0.15) is 22.4 Å². The zero-order chi connectivity index (χ0) is 23.4. The van der Waals surface area contributed by atoms with Gasteiger partial charge in [-0.1, -0.05) is 77.5 Å². The summed E-state index contributed by atoms with van der Waals surface area (Å²) in [6, 6.07) is 14.9. The highest BCUT2D eigenvalue weighted by Gasteiger charge is 2.32. The lowest BCUT2D eigenvalue weighted by Crippen LogP contribution is -2.31. The molecule has 1 fully saturated rings. The van der Waals surface area contributed by atoms with Gasteiger partial charge in [0.15, 0.2) is 5.13 Å². The summed E-state index contributed by atoms with van der Waals surface area (Å²) in [5.74, 6) is -0.455. The van der Waals surface area contributed by atoms with Crippen molar-refractivity contribution in [2.75, 3.05) is 11.9 Å². The Balaban J connectivity index is 1.31. The van der Waals surface area contributed by atoms with Crippen LogP contribution in [0.25, 0.3) is 6.08 Å². The molecule has 3 aromatic rings. The fourth-order valence-corrected chi connectivity index (χ4v) is 5.55. The molecule has 0 aliphatic carbocycles. The first kappa shape index (κ1) is 23.9. The molecule has 10 heteroatoms. The van der Waals surface area contributed by atoms with Crippen LogP contribution in [-0.2, 0) is 16.0 Å². The third-order valence-electron chi connectivity index (χ3n) is 4.72. The molecular formula is C23H17Cl2N3O2S3. The maximum Gasteiger partial charge on any atom is 0.266 e. The molecule has 0 atom stereocenters. The summed E-state index contributed by atoms with van der Waals surface area (Å²) in [5.41, 5.74) is 1.86. The fourth-order valence-electron chi connectivity index (χ4n) is 3.07. The monoisotopic (exact) mass is 533 g/mol. The van der Waals surface area contributed by atoms with Crippen LogP contribution < -0.4 is 5.32 Å². The highest BCUT2D eigenvalue weighted by Crippen LogP contribution is 2.33. The van der Waals surface area contributed by atoms with Gasteiger partial charge in [-0.2, -0.15) is 0 Å². The van der Waals surface area contributed by atoms with Gasteiger partial charge in [0.1, 0.15) is 4.32 Å². The molecule has 1 aliphatic heterocycles. The van der Waals surface area contributed by atoms with Crippen LogP contribution in [0.2, 0.25) is 10.0 Å². The second-order valence-electron chi connectivity index (χ2n) is 7.09. The smallest absolute Gasteiger partial charge is 0.266 e. The van der Waals surface area contributed by atoms with Crippen molar-refractivity contribution in [3.63, 3.8) is 0 Å². The van der Waals surface area contributed by atoms with E-state index in [1.165, 1.54) is 28.0 Å². The minimum atomic E-state index is -0.230. The van der Waals surface area contributed by atoms with Gasteiger partial charge in [-0.05, 0) is 35.4 Å². The molecule has 168 valence electrons. The van der Waals surface area contributed by atoms with E-state index in [1.54, 1.807) is 18.3 Å². The van der Waals surface area contributed by atoms with Crippen LogP contribution in [0.5, 0.6) is 0 Å². The number of thiocarbonyl (C=S) groups is 1. The zero-order valence-electron chi connectivity index (χ0n) is 17.1. The second-order valence-corrected chi connectivity index (χ2v) is 10.7. The number of nitrogens with one attached hydrogen (secondary N) is 1. The minimum absolute atomic E-state index is 0.109. The highest BCUT2D eigenvalue weighted by atomic mass is 35.5. The number of aromatic nitrogens is 1. The van der Waals surface area contributed by atoms with Gasteiger partial charge in [-0.25, -0.2) is 4.98 Å². The average Bonchev–Trinajstić information content (AvgIpc) is 3.33. The van der Waals surface area contributed by atoms with Crippen LogP contribution in [-0.4, -0.2) is 32.6 Å². The molecule has 2 aromatic carbocycles. The molecule has 5 nitrogen and oxygen atoms in total. The number of anilines is 1. The lowest BCUT2D eigenvalue weighted by atomic mass is 10.1. The van der Waals surface area contributed by atoms with Crippen LogP contribution in [0.15, 0.2) is 59.6 Å². The molecule has 2 heterocycles. The summed E-state index contributed by atoms with van der Waals surface area (Å²) in [7, 11) is 0. The molecule has 0 spiro atoms. The topological polar surface area (TPSA) is 62.3 Å². The quantitative estimate of drug-likeness (QED) is 0.286. The predicted molar refractivity (Wildman–Crippen MR) is 141 cm³/mol. The van der Waals surface area contributed by atoms with Crippen molar-refractivity contribution in [2.24, 2.45) is 0 Å². The molecular weight excluding hydrogens is 517 g/mol. The SMILES string of the molecule is O=C(CCN1C(=O)/C(=C\c2ccccc2Cl)SC1=S)Nc1ncc(Cc2ccc(Cl)cc2)s1. The Hall–Kier alpha value is -2.23. The Morgan fingerprint density at radius 3 is 2.67 bits per heavy atom. The second kappa shape index (κ2) is 10.8.